The Hall–Kier alpha value is -1.04. The van der Waals surface area contributed by atoms with Crippen molar-refractivity contribution < 1.29 is 0 Å². The predicted molar refractivity (Wildman–Crippen MR) is 63.7 cm³/mol. The first-order valence-electron chi connectivity index (χ1n) is 6.16. The molecule has 0 spiro atoms. The SMILES string of the molecule is C1=C(CCc2ccccc2)C2CCC1C2. The Morgan fingerprint density at radius 2 is 1.87 bits per heavy atom. The van der Waals surface area contributed by atoms with Crippen LogP contribution >= 0.6 is 0 Å². The largest absolute Gasteiger partial charge is 0.0819 e. The van der Waals surface area contributed by atoms with Gasteiger partial charge in [0.05, 0.1) is 0 Å². The third-order valence-corrected chi connectivity index (χ3v) is 3.99. The lowest BCUT2D eigenvalue weighted by molar-refractivity contribution is 0.625. The molecule has 1 fully saturated rings. The molecule has 0 aliphatic heterocycles. The second kappa shape index (κ2) is 3.84. The first kappa shape index (κ1) is 9.21. The van der Waals surface area contributed by atoms with Gasteiger partial charge in [-0.1, -0.05) is 42.0 Å². The van der Waals surface area contributed by atoms with Crippen LogP contribution in [0.1, 0.15) is 31.2 Å². The van der Waals surface area contributed by atoms with Gasteiger partial charge in [-0.25, -0.2) is 0 Å². The summed E-state index contributed by atoms with van der Waals surface area (Å²) >= 11 is 0. The zero-order chi connectivity index (χ0) is 10.1. The summed E-state index contributed by atoms with van der Waals surface area (Å²) in [5.74, 6) is 1.90. The van der Waals surface area contributed by atoms with Crippen LogP contribution in [0, 0.1) is 11.8 Å². The number of benzene rings is 1. The van der Waals surface area contributed by atoms with E-state index in [2.05, 4.69) is 36.4 Å². The van der Waals surface area contributed by atoms with Crippen molar-refractivity contribution in [1.29, 1.82) is 0 Å². The Kier molecular flexibility index (Phi) is 2.36. The maximum Gasteiger partial charge on any atom is -0.0197 e. The van der Waals surface area contributed by atoms with Gasteiger partial charge in [0, 0.05) is 0 Å². The molecule has 2 atom stereocenters. The van der Waals surface area contributed by atoms with Crippen molar-refractivity contribution in [2.45, 2.75) is 32.1 Å². The average Bonchev–Trinajstić information content (AvgIpc) is 2.89. The molecule has 2 unspecified atom stereocenters. The lowest BCUT2D eigenvalue weighted by Crippen LogP contribution is -1.99. The van der Waals surface area contributed by atoms with Crippen molar-refractivity contribution in [3.63, 3.8) is 0 Å². The second-order valence-electron chi connectivity index (χ2n) is 5.00. The number of aryl methyl sites for hydroxylation is 1. The lowest BCUT2D eigenvalue weighted by atomic mass is 9.93. The standard InChI is InChI=1S/C15H18/c1-2-4-12(5-3-1)6-8-14-10-13-7-9-15(14)11-13/h1-5,10,13,15H,6-9,11H2. The van der Waals surface area contributed by atoms with Crippen LogP contribution in [0.4, 0.5) is 0 Å². The minimum atomic E-state index is 0.945. The first-order chi connectivity index (χ1) is 7.42. The molecule has 0 saturated heterocycles. The molecule has 78 valence electrons. The molecule has 2 aliphatic rings. The average molecular weight is 198 g/mol. The van der Waals surface area contributed by atoms with Gasteiger partial charge < -0.3 is 0 Å². The Labute approximate surface area is 92.0 Å². The minimum absolute atomic E-state index is 0.945. The zero-order valence-electron chi connectivity index (χ0n) is 9.15. The molecule has 0 radical (unpaired) electrons. The third kappa shape index (κ3) is 1.86. The highest BCUT2D eigenvalue weighted by Gasteiger charge is 2.31. The molecule has 0 amide bonds. The van der Waals surface area contributed by atoms with Crippen molar-refractivity contribution >= 4 is 0 Å². The molecule has 3 rings (SSSR count). The summed E-state index contributed by atoms with van der Waals surface area (Å²) in [5, 5.41) is 0. The fourth-order valence-corrected chi connectivity index (χ4v) is 3.16. The predicted octanol–water partition coefficient (Wildman–Crippen LogP) is 3.98. The topological polar surface area (TPSA) is 0 Å². The Morgan fingerprint density at radius 1 is 1.00 bits per heavy atom. The van der Waals surface area contributed by atoms with Gasteiger partial charge in [-0.05, 0) is 49.5 Å². The third-order valence-electron chi connectivity index (χ3n) is 3.99. The van der Waals surface area contributed by atoms with E-state index in [1.165, 1.54) is 37.7 Å². The van der Waals surface area contributed by atoms with Gasteiger partial charge in [0.2, 0.25) is 0 Å². The van der Waals surface area contributed by atoms with E-state index in [0.717, 1.165) is 11.8 Å². The van der Waals surface area contributed by atoms with Crippen LogP contribution in [0.25, 0.3) is 0 Å². The van der Waals surface area contributed by atoms with E-state index in [-0.39, 0.29) is 0 Å². The van der Waals surface area contributed by atoms with Crippen LogP contribution in [0.5, 0.6) is 0 Å². The summed E-state index contributed by atoms with van der Waals surface area (Å²) in [5.41, 5.74) is 3.25. The van der Waals surface area contributed by atoms with E-state index >= 15 is 0 Å². The number of hydrogen-bond acceptors (Lipinski definition) is 0. The van der Waals surface area contributed by atoms with Crippen molar-refractivity contribution in [3.05, 3.63) is 47.5 Å². The number of allylic oxidation sites excluding steroid dienone is 2. The molecule has 0 N–H and O–H groups in total. The molecule has 15 heavy (non-hydrogen) atoms. The van der Waals surface area contributed by atoms with Crippen LogP contribution in [-0.2, 0) is 6.42 Å². The van der Waals surface area contributed by atoms with Crippen LogP contribution < -0.4 is 0 Å². The van der Waals surface area contributed by atoms with Gasteiger partial charge in [0.25, 0.3) is 0 Å². The van der Waals surface area contributed by atoms with Crippen molar-refractivity contribution in [1.82, 2.24) is 0 Å². The van der Waals surface area contributed by atoms with E-state index in [1.54, 1.807) is 5.57 Å². The van der Waals surface area contributed by atoms with Crippen LogP contribution in [0.15, 0.2) is 42.0 Å². The summed E-state index contributed by atoms with van der Waals surface area (Å²) in [4.78, 5) is 0. The van der Waals surface area contributed by atoms with E-state index in [1.807, 2.05) is 0 Å². The summed E-state index contributed by atoms with van der Waals surface area (Å²) in [6.45, 7) is 0. The number of rotatable bonds is 3. The summed E-state index contributed by atoms with van der Waals surface area (Å²) in [7, 11) is 0. The maximum absolute atomic E-state index is 2.57. The molecule has 0 heteroatoms. The van der Waals surface area contributed by atoms with Gasteiger partial charge in [-0.2, -0.15) is 0 Å². The molecular weight excluding hydrogens is 180 g/mol. The highest BCUT2D eigenvalue weighted by Crippen LogP contribution is 2.45. The molecule has 0 heterocycles. The molecular formula is C15H18. The van der Waals surface area contributed by atoms with Gasteiger partial charge in [0.1, 0.15) is 0 Å². The molecule has 1 saturated carbocycles. The molecule has 0 nitrogen and oxygen atoms in total. The van der Waals surface area contributed by atoms with E-state index < -0.39 is 0 Å². The van der Waals surface area contributed by atoms with E-state index in [4.69, 9.17) is 0 Å². The smallest absolute Gasteiger partial charge is 0.0197 e. The van der Waals surface area contributed by atoms with Crippen molar-refractivity contribution in [2.24, 2.45) is 11.8 Å². The first-order valence-corrected chi connectivity index (χ1v) is 6.16. The fourth-order valence-electron chi connectivity index (χ4n) is 3.16. The Morgan fingerprint density at radius 3 is 2.53 bits per heavy atom. The minimum Gasteiger partial charge on any atom is -0.0819 e. The number of fused-ring (bicyclic) bond motifs is 2. The molecule has 1 aromatic carbocycles. The van der Waals surface area contributed by atoms with Gasteiger partial charge in [0.15, 0.2) is 0 Å². The molecule has 1 aromatic rings. The van der Waals surface area contributed by atoms with Crippen molar-refractivity contribution in [2.75, 3.05) is 0 Å². The van der Waals surface area contributed by atoms with Gasteiger partial charge >= 0.3 is 0 Å². The highest BCUT2D eigenvalue weighted by atomic mass is 14.4. The van der Waals surface area contributed by atoms with Crippen LogP contribution in [0.2, 0.25) is 0 Å². The van der Waals surface area contributed by atoms with Crippen molar-refractivity contribution in [3.8, 4) is 0 Å². The highest BCUT2D eigenvalue weighted by molar-refractivity contribution is 5.22. The van der Waals surface area contributed by atoms with Crippen LogP contribution in [-0.4, -0.2) is 0 Å². The lowest BCUT2D eigenvalue weighted by Gasteiger charge is -2.12. The van der Waals surface area contributed by atoms with Gasteiger partial charge in [-0.3, -0.25) is 0 Å². The zero-order valence-corrected chi connectivity index (χ0v) is 9.15. The van der Waals surface area contributed by atoms with Crippen LogP contribution in [0.3, 0.4) is 0 Å². The summed E-state index contributed by atoms with van der Waals surface area (Å²) < 4.78 is 0. The molecule has 0 aromatic heterocycles. The normalized spacial score (nSPS) is 28.1. The Bertz CT molecular complexity index is 361. The van der Waals surface area contributed by atoms with E-state index in [9.17, 15) is 0 Å². The Balaban J connectivity index is 1.61. The number of hydrogen-bond donors (Lipinski definition) is 0. The second-order valence-corrected chi connectivity index (χ2v) is 5.00. The summed E-state index contributed by atoms with van der Waals surface area (Å²) in [6, 6.07) is 10.9. The molecule has 2 bridgehead atoms. The molecule has 2 aliphatic carbocycles. The fraction of sp³-hybridized carbons (Fsp3) is 0.467. The summed E-state index contributed by atoms with van der Waals surface area (Å²) in [6.07, 6.45) is 9.48. The van der Waals surface area contributed by atoms with Gasteiger partial charge in [-0.15, -0.1) is 0 Å². The monoisotopic (exact) mass is 198 g/mol. The maximum atomic E-state index is 2.57. The van der Waals surface area contributed by atoms with E-state index in [0.29, 0.717) is 0 Å². The quantitative estimate of drug-likeness (QED) is 0.644.